The summed E-state index contributed by atoms with van der Waals surface area (Å²) < 4.78 is 7.69. The van der Waals surface area contributed by atoms with Crippen LogP contribution in [0.1, 0.15) is 5.82 Å². The van der Waals surface area contributed by atoms with E-state index in [0.717, 1.165) is 22.0 Å². The average molecular weight is 317 g/mol. The molecule has 0 saturated carbocycles. The van der Waals surface area contributed by atoms with Gasteiger partial charge in [-0.05, 0) is 23.3 Å². The van der Waals surface area contributed by atoms with E-state index in [1.807, 2.05) is 48.5 Å². The maximum Gasteiger partial charge on any atom is 0.219 e. The van der Waals surface area contributed by atoms with Crippen molar-refractivity contribution < 1.29 is 4.74 Å². The van der Waals surface area contributed by atoms with Crippen LogP contribution in [0.15, 0.2) is 48.5 Å². The van der Waals surface area contributed by atoms with E-state index in [-0.39, 0.29) is 0 Å². The van der Waals surface area contributed by atoms with Crippen LogP contribution in [0.25, 0.3) is 27.5 Å². The van der Waals surface area contributed by atoms with E-state index in [1.54, 1.807) is 11.5 Å². The number of aromatic nitrogens is 2. The van der Waals surface area contributed by atoms with E-state index in [2.05, 4.69) is 11.1 Å². The van der Waals surface area contributed by atoms with Crippen LogP contribution in [0, 0.1) is 16.0 Å². The number of pyridine rings is 1. The first-order chi connectivity index (χ1) is 11.2. The quantitative estimate of drug-likeness (QED) is 0.520. The first-order valence-corrected chi connectivity index (χ1v) is 7.46. The van der Waals surface area contributed by atoms with Gasteiger partial charge in [-0.3, -0.25) is 4.40 Å². The number of ether oxygens (including phenoxy) is 1. The highest BCUT2D eigenvalue weighted by Crippen LogP contribution is 2.35. The summed E-state index contributed by atoms with van der Waals surface area (Å²) in [5.41, 5.74) is 3.64. The van der Waals surface area contributed by atoms with Crippen LogP contribution < -0.4 is 4.74 Å². The molecule has 0 spiro atoms. The molecule has 0 radical (unpaired) electrons. The monoisotopic (exact) mass is 317 g/mol. The summed E-state index contributed by atoms with van der Waals surface area (Å²) in [6.07, 6.45) is 0. The molecule has 4 aromatic rings. The Balaban J connectivity index is 2.24. The molecule has 0 aliphatic rings. The molecule has 2 aromatic carbocycles. The Labute approximate surface area is 137 Å². The van der Waals surface area contributed by atoms with Crippen LogP contribution in [0.5, 0.6) is 5.75 Å². The Kier molecular flexibility index (Phi) is 3.00. The zero-order valence-corrected chi connectivity index (χ0v) is 13.1. The van der Waals surface area contributed by atoms with Crippen molar-refractivity contribution in [1.29, 1.82) is 5.26 Å². The topological polar surface area (TPSA) is 50.3 Å². The summed E-state index contributed by atoms with van der Waals surface area (Å²) in [6, 6.07) is 17.8. The highest BCUT2D eigenvalue weighted by Gasteiger charge is 2.17. The summed E-state index contributed by atoms with van der Waals surface area (Å²) >= 11 is 5.50. The molecule has 4 nitrogen and oxygen atoms in total. The molecule has 23 heavy (non-hydrogen) atoms. The van der Waals surface area contributed by atoms with E-state index < -0.39 is 0 Å². The van der Waals surface area contributed by atoms with E-state index in [4.69, 9.17) is 17.0 Å². The fourth-order valence-corrected chi connectivity index (χ4v) is 3.21. The number of rotatable bonds is 2. The maximum atomic E-state index is 9.35. The molecule has 0 N–H and O–H groups in total. The van der Waals surface area contributed by atoms with Gasteiger partial charge in [-0.25, -0.2) is 4.98 Å². The number of nitriles is 1. The largest absolute Gasteiger partial charge is 0.497 e. The van der Waals surface area contributed by atoms with Gasteiger partial charge in [0.1, 0.15) is 16.5 Å². The lowest BCUT2D eigenvalue weighted by atomic mass is 10.0. The number of hydrogen-bond acceptors (Lipinski definition) is 4. The van der Waals surface area contributed by atoms with E-state index in [9.17, 15) is 5.26 Å². The number of hydrogen-bond donors (Lipinski definition) is 0. The van der Waals surface area contributed by atoms with Crippen LogP contribution >= 0.6 is 12.2 Å². The molecule has 0 bridgehead atoms. The zero-order chi connectivity index (χ0) is 16.0. The predicted molar refractivity (Wildman–Crippen MR) is 91.4 cm³/mol. The van der Waals surface area contributed by atoms with Crippen LogP contribution in [0.3, 0.4) is 0 Å². The van der Waals surface area contributed by atoms with E-state index >= 15 is 0 Å². The van der Waals surface area contributed by atoms with Crippen LogP contribution in [0.4, 0.5) is 0 Å². The van der Waals surface area contributed by atoms with Gasteiger partial charge in [0.15, 0.2) is 0 Å². The van der Waals surface area contributed by atoms with Crippen molar-refractivity contribution in [3.8, 4) is 22.9 Å². The van der Waals surface area contributed by atoms with Gasteiger partial charge in [0.25, 0.3) is 0 Å². The molecule has 5 heteroatoms. The molecule has 4 rings (SSSR count). The Morgan fingerprint density at radius 2 is 1.96 bits per heavy atom. The fourth-order valence-electron chi connectivity index (χ4n) is 2.92. The van der Waals surface area contributed by atoms with Gasteiger partial charge in [0.05, 0.1) is 18.1 Å². The van der Waals surface area contributed by atoms with Gasteiger partial charge in [0, 0.05) is 11.5 Å². The number of nitrogens with zero attached hydrogens (tertiary/aromatic N) is 3. The molecule has 0 aliphatic carbocycles. The van der Waals surface area contributed by atoms with Gasteiger partial charge in [-0.1, -0.05) is 42.5 Å². The smallest absolute Gasteiger partial charge is 0.219 e. The Hall–Kier alpha value is -2.97. The van der Waals surface area contributed by atoms with E-state index in [1.165, 1.54) is 0 Å². The second-order valence-corrected chi connectivity index (χ2v) is 5.61. The molecular formula is C18H11N3OS. The number of benzene rings is 2. The molecule has 0 aliphatic heterocycles. The van der Waals surface area contributed by atoms with Crippen molar-refractivity contribution in [2.75, 3.05) is 7.11 Å². The zero-order valence-electron chi connectivity index (χ0n) is 12.3. The summed E-state index contributed by atoms with van der Waals surface area (Å²) in [4.78, 5) is 4.39. The minimum atomic E-state index is 0.294. The first kappa shape index (κ1) is 13.7. The first-order valence-electron chi connectivity index (χ1n) is 7.05. The fraction of sp³-hybridized carbons (Fsp3) is 0.0556. The third-order valence-electron chi connectivity index (χ3n) is 3.92. The highest BCUT2D eigenvalue weighted by molar-refractivity contribution is 7.71. The Bertz CT molecular complexity index is 1130. The van der Waals surface area contributed by atoms with Crippen molar-refractivity contribution in [3.05, 3.63) is 59.0 Å². The molecule has 0 fully saturated rings. The van der Waals surface area contributed by atoms with Crippen molar-refractivity contribution in [3.63, 3.8) is 0 Å². The van der Waals surface area contributed by atoms with Gasteiger partial charge < -0.3 is 4.74 Å². The van der Waals surface area contributed by atoms with Gasteiger partial charge >= 0.3 is 0 Å². The van der Waals surface area contributed by atoms with Gasteiger partial charge in [-0.15, -0.1) is 0 Å². The van der Waals surface area contributed by atoms with E-state index in [0.29, 0.717) is 21.7 Å². The van der Waals surface area contributed by atoms with Gasteiger partial charge in [0.2, 0.25) is 5.82 Å². The molecule has 0 saturated heterocycles. The third-order valence-corrected chi connectivity index (χ3v) is 4.22. The molecule has 0 amide bonds. The SMILES string of the molecule is COc1cc2nc(C#N)n3c(=S)cc(-c4ccccc4)c(c1)c23. The summed E-state index contributed by atoms with van der Waals surface area (Å²) in [5, 5.41) is 10.3. The maximum absolute atomic E-state index is 9.35. The van der Waals surface area contributed by atoms with Crippen LogP contribution in [-0.2, 0) is 0 Å². The van der Waals surface area contributed by atoms with Gasteiger partial charge in [-0.2, -0.15) is 5.26 Å². The third kappa shape index (κ3) is 1.96. The summed E-state index contributed by atoms with van der Waals surface area (Å²) in [6.45, 7) is 0. The normalized spacial score (nSPS) is 11.0. The lowest BCUT2D eigenvalue weighted by Gasteiger charge is -2.10. The van der Waals surface area contributed by atoms with Crippen LogP contribution in [0.2, 0.25) is 0 Å². The predicted octanol–water partition coefficient (Wildman–Crippen LogP) is 4.20. The Morgan fingerprint density at radius 1 is 1.17 bits per heavy atom. The summed E-state index contributed by atoms with van der Waals surface area (Å²) in [5.74, 6) is 0.999. The number of imidazole rings is 1. The Morgan fingerprint density at radius 3 is 2.65 bits per heavy atom. The molecule has 2 aromatic heterocycles. The second kappa shape index (κ2) is 5.04. The lowest BCUT2D eigenvalue weighted by molar-refractivity contribution is 0.416. The van der Waals surface area contributed by atoms with Crippen molar-refractivity contribution in [2.24, 2.45) is 0 Å². The summed E-state index contributed by atoms with van der Waals surface area (Å²) in [7, 11) is 1.62. The minimum Gasteiger partial charge on any atom is -0.497 e. The average Bonchev–Trinajstić information content (AvgIpc) is 2.98. The van der Waals surface area contributed by atoms with Crippen molar-refractivity contribution in [2.45, 2.75) is 0 Å². The van der Waals surface area contributed by atoms with Crippen molar-refractivity contribution >= 4 is 28.6 Å². The molecule has 2 heterocycles. The van der Waals surface area contributed by atoms with Crippen molar-refractivity contribution in [1.82, 2.24) is 9.38 Å². The highest BCUT2D eigenvalue weighted by atomic mass is 32.1. The standard InChI is InChI=1S/C18H11N3OS/c1-22-12-7-14-13(11-5-3-2-4-6-11)9-17(23)21-16(10-19)20-15(8-12)18(14)21/h2-9H,1H3. The molecule has 0 unspecified atom stereocenters. The molecule has 0 atom stereocenters. The molecule has 110 valence electrons. The lowest BCUT2D eigenvalue weighted by Crippen LogP contribution is -1.94. The minimum absolute atomic E-state index is 0.294. The molecular weight excluding hydrogens is 306 g/mol. The van der Waals surface area contributed by atoms with Crippen LogP contribution in [-0.4, -0.2) is 16.5 Å². The second-order valence-electron chi connectivity index (χ2n) is 5.19. The number of methoxy groups -OCH3 is 1.